The zero-order chi connectivity index (χ0) is 24.0. The Hall–Kier alpha value is -4.45. The molecule has 3 aromatic rings. The number of hydrogen-bond donors (Lipinski definition) is 3. The number of non-ortho nitro benzene ring substituents is 1. The summed E-state index contributed by atoms with van der Waals surface area (Å²) in [5.41, 5.74) is 4.36. The van der Waals surface area contributed by atoms with Gasteiger partial charge in [-0.25, -0.2) is 8.42 Å². The molecule has 0 aliphatic carbocycles. The van der Waals surface area contributed by atoms with Gasteiger partial charge in [0.05, 0.1) is 22.6 Å². The van der Waals surface area contributed by atoms with Gasteiger partial charge < -0.3 is 4.74 Å². The molecule has 0 radical (unpaired) electrons. The van der Waals surface area contributed by atoms with Crippen LogP contribution >= 0.6 is 0 Å². The monoisotopic (exact) mass is 470 g/mol. The first-order chi connectivity index (χ1) is 15.7. The second kappa shape index (κ2) is 9.78. The molecular weight excluding hydrogens is 452 g/mol. The van der Waals surface area contributed by atoms with E-state index in [2.05, 4.69) is 15.6 Å². The molecule has 3 rings (SSSR count). The molecule has 11 nitrogen and oxygen atoms in total. The number of rotatable bonds is 7. The number of carbonyl (C=O) groups excluding carboxylic acids is 2. The average molecular weight is 470 g/mol. The Bertz CT molecular complexity index is 1310. The molecule has 0 heterocycles. The third-order valence-electron chi connectivity index (χ3n) is 4.39. The van der Waals surface area contributed by atoms with Gasteiger partial charge in [-0.1, -0.05) is 18.2 Å². The van der Waals surface area contributed by atoms with Gasteiger partial charge in [-0.2, -0.15) is 0 Å². The van der Waals surface area contributed by atoms with Crippen molar-refractivity contribution in [3.8, 4) is 5.75 Å². The fourth-order valence-corrected chi connectivity index (χ4v) is 3.81. The molecule has 0 saturated heterocycles. The Labute approximate surface area is 188 Å². The Morgan fingerprint density at radius 3 is 2.15 bits per heavy atom. The van der Waals surface area contributed by atoms with Crippen LogP contribution in [0.25, 0.3) is 0 Å². The van der Waals surface area contributed by atoms with Crippen molar-refractivity contribution in [3.63, 3.8) is 0 Å². The minimum Gasteiger partial charge on any atom is -0.495 e. The van der Waals surface area contributed by atoms with Crippen LogP contribution in [0.5, 0.6) is 5.75 Å². The van der Waals surface area contributed by atoms with Gasteiger partial charge in [-0.05, 0) is 42.5 Å². The second-order valence-electron chi connectivity index (χ2n) is 6.55. The summed E-state index contributed by atoms with van der Waals surface area (Å²) < 4.78 is 32.8. The number of carbonyl (C=O) groups is 2. The number of methoxy groups -OCH3 is 1. The van der Waals surface area contributed by atoms with E-state index in [4.69, 9.17) is 4.74 Å². The lowest BCUT2D eigenvalue weighted by atomic mass is 10.2. The predicted octanol–water partition coefficient (Wildman–Crippen LogP) is 2.48. The molecule has 0 fully saturated rings. The number of nitrogens with one attached hydrogen (secondary N) is 3. The number of hydrazine groups is 1. The van der Waals surface area contributed by atoms with Crippen LogP contribution in [-0.4, -0.2) is 32.3 Å². The molecule has 2 amide bonds. The van der Waals surface area contributed by atoms with Crippen molar-refractivity contribution >= 4 is 33.2 Å². The fourth-order valence-electron chi connectivity index (χ4n) is 2.74. The summed E-state index contributed by atoms with van der Waals surface area (Å²) in [4.78, 5) is 34.5. The molecular formula is C21H18N4O7S. The summed E-state index contributed by atoms with van der Waals surface area (Å²) >= 11 is 0. The minimum absolute atomic E-state index is 0.0200. The van der Waals surface area contributed by atoms with Gasteiger partial charge in [-0.15, -0.1) is 0 Å². The number of nitrogens with zero attached hydrogens (tertiary/aromatic N) is 1. The van der Waals surface area contributed by atoms with Crippen molar-refractivity contribution in [2.75, 3.05) is 11.8 Å². The van der Waals surface area contributed by atoms with E-state index >= 15 is 0 Å². The summed E-state index contributed by atoms with van der Waals surface area (Å²) in [5, 5.41) is 10.8. The van der Waals surface area contributed by atoms with Crippen LogP contribution < -0.4 is 20.3 Å². The molecule has 0 atom stereocenters. The maximum absolute atomic E-state index is 12.6. The zero-order valence-electron chi connectivity index (χ0n) is 17.1. The van der Waals surface area contributed by atoms with Crippen LogP contribution in [0.4, 0.5) is 11.4 Å². The van der Waals surface area contributed by atoms with Crippen molar-refractivity contribution in [1.29, 1.82) is 0 Å². The molecule has 0 aliphatic rings. The normalized spacial score (nSPS) is 10.7. The van der Waals surface area contributed by atoms with E-state index in [0.29, 0.717) is 5.75 Å². The zero-order valence-corrected chi connectivity index (χ0v) is 18.0. The number of ether oxygens (including phenoxy) is 1. The minimum atomic E-state index is -3.95. The predicted molar refractivity (Wildman–Crippen MR) is 118 cm³/mol. The van der Waals surface area contributed by atoms with E-state index < -0.39 is 26.8 Å². The summed E-state index contributed by atoms with van der Waals surface area (Å²) in [5.74, 6) is -1.13. The van der Waals surface area contributed by atoms with Crippen LogP contribution in [0.15, 0.2) is 77.7 Å². The average Bonchev–Trinajstić information content (AvgIpc) is 2.82. The lowest BCUT2D eigenvalue weighted by Crippen LogP contribution is -2.41. The molecule has 3 aromatic carbocycles. The van der Waals surface area contributed by atoms with Crippen molar-refractivity contribution in [3.05, 3.63) is 94.0 Å². The highest BCUT2D eigenvalue weighted by Gasteiger charge is 2.18. The molecule has 0 aromatic heterocycles. The van der Waals surface area contributed by atoms with Gasteiger partial charge in [0.2, 0.25) is 0 Å². The van der Waals surface area contributed by atoms with Gasteiger partial charge in [0, 0.05) is 23.3 Å². The van der Waals surface area contributed by atoms with Crippen LogP contribution in [-0.2, 0) is 10.0 Å². The first-order valence-corrected chi connectivity index (χ1v) is 10.8. The number of benzene rings is 3. The quantitative estimate of drug-likeness (QED) is 0.354. The number of nitro groups is 1. The topological polar surface area (TPSA) is 157 Å². The molecule has 0 aliphatic heterocycles. The standard InChI is InChI=1S/C21H18N4O7S/c1-32-19-8-3-2-7-18(19)24-33(30,31)17-11-9-14(10-12-17)20(26)22-23-21(27)15-5-4-6-16(13-15)25(28)29/h2-13,24H,1H3,(H,22,26)(H,23,27). The molecule has 0 unspecified atom stereocenters. The molecule has 0 bridgehead atoms. The Balaban J connectivity index is 1.65. The van der Waals surface area contributed by atoms with E-state index in [-0.39, 0.29) is 27.4 Å². The highest BCUT2D eigenvalue weighted by molar-refractivity contribution is 7.92. The van der Waals surface area contributed by atoms with Gasteiger partial charge in [-0.3, -0.25) is 35.3 Å². The molecule has 0 saturated carbocycles. The van der Waals surface area contributed by atoms with E-state index in [1.54, 1.807) is 24.3 Å². The van der Waals surface area contributed by atoms with E-state index in [1.807, 2.05) is 0 Å². The highest BCUT2D eigenvalue weighted by Crippen LogP contribution is 2.26. The molecule has 0 spiro atoms. The largest absolute Gasteiger partial charge is 0.495 e. The molecule has 170 valence electrons. The molecule has 3 N–H and O–H groups in total. The maximum Gasteiger partial charge on any atom is 0.270 e. The SMILES string of the molecule is COc1ccccc1NS(=O)(=O)c1ccc(C(=O)NNC(=O)c2cccc([N+](=O)[O-])c2)cc1. The summed E-state index contributed by atoms with van der Waals surface area (Å²) in [6.45, 7) is 0. The lowest BCUT2D eigenvalue weighted by molar-refractivity contribution is -0.384. The van der Waals surface area contributed by atoms with Crippen molar-refractivity contribution in [1.82, 2.24) is 10.9 Å². The van der Waals surface area contributed by atoms with Crippen molar-refractivity contribution < 1.29 is 27.7 Å². The Kier molecular flexibility index (Phi) is 6.88. The number of sulfonamides is 1. The number of nitro benzene ring substituents is 1. The third-order valence-corrected chi connectivity index (χ3v) is 5.77. The van der Waals surface area contributed by atoms with Gasteiger partial charge >= 0.3 is 0 Å². The van der Waals surface area contributed by atoms with Gasteiger partial charge in [0.25, 0.3) is 27.5 Å². The summed E-state index contributed by atoms with van der Waals surface area (Å²) in [6.07, 6.45) is 0. The second-order valence-corrected chi connectivity index (χ2v) is 8.23. The summed E-state index contributed by atoms with van der Waals surface area (Å²) in [7, 11) is -2.53. The first-order valence-electron chi connectivity index (χ1n) is 9.32. The van der Waals surface area contributed by atoms with Gasteiger partial charge in [0.1, 0.15) is 5.75 Å². The third kappa shape index (κ3) is 5.62. The van der Waals surface area contributed by atoms with Crippen LogP contribution in [0.1, 0.15) is 20.7 Å². The van der Waals surface area contributed by atoms with E-state index in [0.717, 1.165) is 6.07 Å². The molecule has 12 heteroatoms. The van der Waals surface area contributed by atoms with E-state index in [1.165, 1.54) is 49.6 Å². The lowest BCUT2D eigenvalue weighted by Gasteiger charge is -2.12. The van der Waals surface area contributed by atoms with Crippen LogP contribution in [0.2, 0.25) is 0 Å². The molecule has 33 heavy (non-hydrogen) atoms. The number of amides is 2. The van der Waals surface area contributed by atoms with E-state index in [9.17, 15) is 28.1 Å². The smallest absolute Gasteiger partial charge is 0.270 e. The maximum atomic E-state index is 12.6. The fraction of sp³-hybridized carbons (Fsp3) is 0.0476. The van der Waals surface area contributed by atoms with Crippen molar-refractivity contribution in [2.24, 2.45) is 0 Å². The number of anilines is 1. The van der Waals surface area contributed by atoms with Gasteiger partial charge in [0.15, 0.2) is 0 Å². The Morgan fingerprint density at radius 1 is 0.879 bits per heavy atom. The number of hydrogen-bond acceptors (Lipinski definition) is 7. The van der Waals surface area contributed by atoms with Crippen LogP contribution in [0, 0.1) is 10.1 Å². The first kappa shape index (κ1) is 23.2. The van der Waals surface area contributed by atoms with Crippen molar-refractivity contribution in [2.45, 2.75) is 4.90 Å². The van der Waals surface area contributed by atoms with Crippen LogP contribution in [0.3, 0.4) is 0 Å². The Morgan fingerprint density at radius 2 is 1.52 bits per heavy atom. The summed E-state index contributed by atoms with van der Waals surface area (Å²) in [6, 6.07) is 16.5. The number of para-hydroxylation sites is 2. The highest BCUT2D eigenvalue weighted by atomic mass is 32.2.